The Hall–Kier alpha value is -0.330. The van der Waals surface area contributed by atoms with Gasteiger partial charge in [0, 0.05) is 9.30 Å². The van der Waals surface area contributed by atoms with E-state index in [9.17, 15) is 0 Å². The van der Waals surface area contributed by atoms with Gasteiger partial charge in [-0.3, -0.25) is 0 Å². The Balaban J connectivity index is 3.19. The maximum absolute atomic E-state index is 8.65. The molecule has 1 atom stereocenters. The quantitative estimate of drug-likeness (QED) is 0.722. The van der Waals surface area contributed by atoms with Crippen molar-refractivity contribution in [2.45, 2.75) is 11.8 Å². The average Bonchev–Trinajstić information content (AvgIpc) is 2.05. The summed E-state index contributed by atoms with van der Waals surface area (Å²) in [7, 11) is 0. The van der Waals surface area contributed by atoms with Crippen LogP contribution in [-0.2, 0) is 0 Å². The Bertz CT molecular complexity index is 326. The van der Waals surface area contributed by atoms with Gasteiger partial charge in [0.25, 0.3) is 0 Å². The van der Waals surface area contributed by atoms with Crippen LogP contribution in [0.2, 0.25) is 0 Å². The van der Waals surface area contributed by atoms with E-state index < -0.39 is 0 Å². The molecule has 1 nitrogen and oxygen atoms in total. The van der Waals surface area contributed by atoms with Crippen LogP contribution in [-0.4, -0.2) is 0 Å². The minimum Gasteiger partial charge on any atom is -0.192 e. The number of alkyl halides is 1. The van der Waals surface area contributed by atoms with E-state index in [1.54, 1.807) is 6.07 Å². The van der Waals surface area contributed by atoms with Crippen LogP contribution in [0.4, 0.5) is 0 Å². The van der Waals surface area contributed by atoms with Crippen LogP contribution in [0.25, 0.3) is 0 Å². The van der Waals surface area contributed by atoms with Gasteiger partial charge >= 0.3 is 0 Å². The third-order valence-corrected chi connectivity index (χ3v) is 2.77. The second-order valence-corrected chi connectivity index (χ2v) is 4.69. The zero-order chi connectivity index (χ0) is 9.14. The van der Waals surface area contributed by atoms with E-state index in [0.29, 0.717) is 5.56 Å². The molecule has 1 aromatic carbocycles. The molecule has 3 heteroatoms. The van der Waals surface area contributed by atoms with Crippen molar-refractivity contribution in [2.75, 3.05) is 0 Å². The Morgan fingerprint density at radius 3 is 2.67 bits per heavy atom. The smallest absolute Gasteiger partial charge is 0.0991 e. The average molecular weight is 289 g/mol. The predicted octanol–water partition coefficient (Wildman–Crippen LogP) is 3.78. The van der Waals surface area contributed by atoms with Crippen molar-refractivity contribution in [3.8, 4) is 6.07 Å². The lowest BCUT2D eigenvalue weighted by atomic mass is 10.1. The molecule has 0 fully saturated rings. The number of nitrogens with zero attached hydrogens (tertiary/aromatic N) is 1. The molecule has 1 aromatic rings. The molecule has 0 aromatic heterocycles. The summed E-state index contributed by atoms with van der Waals surface area (Å²) in [4.78, 5) is 0.264. The SMILES string of the molecule is CC(Br)c1cc(C#N)ccc1Br. The summed E-state index contributed by atoms with van der Waals surface area (Å²) in [5, 5.41) is 8.65. The Labute approximate surface area is 88.7 Å². The van der Waals surface area contributed by atoms with Crippen LogP contribution >= 0.6 is 31.9 Å². The van der Waals surface area contributed by atoms with E-state index >= 15 is 0 Å². The first kappa shape index (κ1) is 9.76. The highest BCUT2D eigenvalue weighted by atomic mass is 79.9. The molecule has 0 amide bonds. The zero-order valence-corrected chi connectivity index (χ0v) is 9.68. The van der Waals surface area contributed by atoms with Crippen LogP contribution in [0.1, 0.15) is 22.9 Å². The third-order valence-electron chi connectivity index (χ3n) is 1.55. The molecule has 0 radical (unpaired) electrons. The van der Waals surface area contributed by atoms with Gasteiger partial charge in [0.1, 0.15) is 0 Å². The minimum atomic E-state index is 0.264. The van der Waals surface area contributed by atoms with E-state index in [4.69, 9.17) is 5.26 Å². The fourth-order valence-corrected chi connectivity index (χ4v) is 2.19. The van der Waals surface area contributed by atoms with Crippen LogP contribution in [0.5, 0.6) is 0 Å². The van der Waals surface area contributed by atoms with Gasteiger partial charge in [-0.15, -0.1) is 0 Å². The molecule has 0 spiro atoms. The maximum atomic E-state index is 8.65. The largest absolute Gasteiger partial charge is 0.192 e. The normalized spacial score (nSPS) is 12.2. The monoisotopic (exact) mass is 287 g/mol. The number of nitriles is 1. The van der Waals surface area contributed by atoms with Crippen molar-refractivity contribution in [1.82, 2.24) is 0 Å². The summed E-state index contributed by atoms with van der Waals surface area (Å²) in [5.74, 6) is 0. The zero-order valence-electron chi connectivity index (χ0n) is 6.51. The highest BCUT2D eigenvalue weighted by Gasteiger charge is 2.06. The summed E-state index contributed by atoms with van der Waals surface area (Å²) in [6.45, 7) is 2.03. The molecule has 0 aliphatic rings. The summed E-state index contributed by atoms with van der Waals surface area (Å²) in [6.07, 6.45) is 0. The molecule has 0 saturated heterocycles. The highest BCUT2D eigenvalue weighted by Crippen LogP contribution is 2.29. The molecule has 12 heavy (non-hydrogen) atoms. The van der Waals surface area contributed by atoms with Gasteiger partial charge in [0.05, 0.1) is 11.6 Å². The van der Waals surface area contributed by atoms with Gasteiger partial charge in [-0.1, -0.05) is 31.9 Å². The number of benzene rings is 1. The third kappa shape index (κ3) is 2.09. The van der Waals surface area contributed by atoms with Crippen LogP contribution in [0, 0.1) is 11.3 Å². The maximum Gasteiger partial charge on any atom is 0.0991 e. The van der Waals surface area contributed by atoms with Gasteiger partial charge in [0.15, 0.2) is 0 Å². The minimum absolute atomic E-state index is 0.264. The van der Waals surface area contributed by atoms with E-state index in [2.05, 4.69) is 37.9 Å². The van der Waals surface area contributed by atoms with Gasteiger partial charge < -0.3 is 0 Å². The molecule has 62 valence electrons. The summed E-state index contributed by atoms with van der Waals surface area (Å²) >= 11 is 6.88. The summed E-state index contributed by atoms with van der Waals surface area (Å²) < 4.78 is 1.03. The predicted molar refractivity (Wildman–Crippen MR) is 56.2 cm³/mol. The molecule has 0 bridgehead atoms. The lowest BCUT2D eigenvalue weighted by Gasteiger charge is -2.06. The van der Waals surface area contributed by atoms with Gasteiger partial charge in [0.2, 0.25) is 0 Å². The first-order chi connectivity index (χ1) is 5.65. The molecule has 1 unspecified atom stereocenters. The van der Waals surface area contributed by atoms with Crippen LogP contribution in [0.3, 0.4) is 0 Å². The second-order valence-electron chi connectivity index (χ2n) is 2.46. The van der Waals surface area contributed by atoms with E-state index in [0.717, 1.165) is 10.0 Å². The Morgan fingerprint density at radius 2 is 2.17 bits per heavy atom. The standard InChI is InChI=1S/C9H7Br2N/c1-6(10)8-4-7(5-12)2-3-9(8)11/h2-4,6H,1H3. The molecular formula is C9H7Br2N. The molecule has 0 aliphatic carbocycles. The number of halogens is 2. The van der Waals surface area contributed by atoms with Crippen LogP contribution in [0.15, 0.2) is 22.7 Å². The number of rotatable bonds is 1. The fraction of sp³-hybridized carbons (Fsp3) is 0.222. The van der Waals surface area contributed by atoms with Gasteiger partial charge in [-0.05, 0) is 30.7 Å². The summed E-state index contributed by atoms with van der Waals surface area (Å²) in [5.41, 5.74) is 1.80. The molecule has 0 aliphatic heterocycles. The van der Waals surface area contributed by atoms with Crippen molar-refractivity contribution < 1.29 is 0 Å². The number of hydrogen-bond acceptors (Lipinski definition) is 1. The first-order valence-electron chi connectivity index (χ1n) is 3.48. The molecule has 0 saturated carbocycles. The van der Waals surface area contributed by atoms with E-state index in [-0.39, 0.29) is 4.83 Å². The lowest BCUT2D eigenvalue weighted by molar-refractivity contribution is 1.11. The topological polar surface area (TPSA) is 23.8 Å². The highest BCUT2D eigenvalue weighted by molar-refractivity contribution is 9.11. The Morgan fingerprint density at radius 1 is 1.50 bits per heavy atom. The molecule has 0 heterocycles. The van der Waals surface area contributed by atoms with Crippen molar-refractivity contribution in [2.24, 2.45) is 0 Å². The second kappa shape index (κ2) is 4.06. The van der Waals surface area contributed by atoms with E-state index in [1.807, 2.05) is 19.1 Å². The van der Waals surface area contributed by atoms with Crippen LogP contribution < -0.4 is 0 Å². The van der Waals surface area contributed by atoms with Crippen molar-refractivity contribution in [1.29, 1.82) is 5.26 Å². The van der Waals surface area contributed by atoms with Gasteiger partial charge in [-0.25, -0.2) is 0 Å². The van der Waals surface area contributed by atoms with Crippen molar-refractivity contribution in [3.05, 3.63) is 33.8 Å². The molecule has 1 rings (SSSR count). The molecular weight excluding hydrogens is 282 g/mol. The lowest BCUT2D eigenvalue weighted by Crippen LogP contribution is -1.87. The first-order valence-corrected chi connectivity index (χ1v) is 5.19. The summed E-state index contributed by atoms with van der Waals surface area (Å²) in [6, 6.07) is 7.68. The fourth-order valence-electron chi connectivity index (χ4n) is 0.918. The number of hydrogen-bond donors (Lipinski definition) is 0. The van der Waals surface area contributed by atoms with Crippen molar-refractivity contribution in [3.63, 3.8) is 0 Å². The van der Waals surface area contributed by atoms with Gasteiger partial charge in [-0.2, -0.15) is 5.26 Å². The molecule has 0 N–H and O–H groups in total. The van der Waals surface area contributed by atoms with Crippen molar-refractivity contribution >= 4 is 31.9 Å². The van der Waals surface area contributed by atoms with E-state index in [1.165, 1.54) is 0 Å². The Kier molecular flexibility index (Phi) is 3.30.